The molecule has 9 atom stereocenters. The van der Waals surface area contributed by atoms with Crippen molar-refractivity contribution in [1.29, 1.82) is 0 Å². The fourth-order valence-corrected chi connectivity index (χ4v) is 9.80. The molecule has 24 heavy (non-hydrogen) atoms. The fourth-order valence-electron chi connectivity index (χ4n) is 9.80. The third-order valence-corrected chi connectivity index (χ3v) is 10.4. The van der Waals surface area contributed by atoms with Crippen molar-refractivity contribution in [3.8, 4) is 0 Å². The summed E-state index contributed by atoms with van der Waals surface area (Å²) in [5, 5.41) is 0. The lowest BCUT2D eigenvalue weighted by molar-refractivity contribution is -0.119. The summed E-state index contributed by atoms with van der Waals surface area (Å²) >= 11 is 0. The Bertz CT molecular complexity index is 464. The van der Waals surface area contributed by atoms with Crippen molar-refractivity contribution < 1.29 is 0 Å². The third-order valence-electron chi connectivity index (χ3n) is 10.4. The van der Waals surface area contributed by atoms with Crippen LogP contribution in [-0.4, -0.2) is 7.85 Å². The molecule has 5 rings (SSSR count). The first-order chi connectivity index (χ1) is 11.7. The molecule has 9 unspecified atom stereocenters. The first kappa shape index (κ1) is 16.3. The first-order valence-corrected chi connectivity index (χ1v) is 11.4. The zero-order chi connectivity index (χ0) is 16.5. The summed E-state index contributed by atoms with van der Waals surface area (Å²) in [5.41, 5.74) is 0.649. The summed E-state index contributed by atoms with van der Waals surface area (Å²) in [5.74, 6) is 9.33. The van der Waals surface area contributed by atoms with Crippen molar-refractivity contribution in [1.82, 2.24) is 0 Å². The normalized spacial score (nSPS) is 56.6. The zero-order valence-corrected chi connectivity index (χ0v) is 16.1. The van der Waals surface area contributed by atoms with E-state index in [2.05, 4.69) is 13.8 Å². The van der Waals surface area contributed by atoms with Crippen LogP contribution in [0.15, 0.2) is 0 Å². The Morgan fingerprint density at radius 2 is 1.58 bits per heavy atom. The predicted octanol–water partition coefficient (Wildman–Crippen LogP) is 6.11. The summed E-state index contributed by atoms with van der Waals surface area (Å²) in [4.78, 5) is 0. The number of rotatable bonds is 4. The molecule has 0 nitrogen and oxygen atoms in total. The van der Waals surface area contributed by atoms with Gasteiger partial charge in [-0.2, -0.15) is 0 Å². The van der Waals surface area contributed by atoms with Gasteiger partial charge in [0.1, 0.15) is 0 Å². The van der Waals surface area contributed by atoms with E-state index in [1.165, 1.54) is 25.7 Å². The molecule has 5 saturated carbocycles. The highest BCUT2D eigenvalue weighted by Gasteiger charge is 2.69. The molecule has 5 fully saturated rings. The summed E-state index contributed by atoms with van der Waals surface area (Å²) < 4.78 is 0. The minimum atomic E-state index is 0.649. The van der Waals surface area contributed by atoms with Gasteiger partial charge in [-0.05, 0) is 104 Å². The first-order valence-electron chi connectivity index (χ1n) is 11.4. The van der Waals surface area contributed by atoms with E-state index in [1.54, 1.807) is 38.5 Å². The van der Waals surface area contributed by atoms with E-state index >= 15 is 0 Å². The molecule has 0 saturated heterocycles. The molecule has 0 N–H and O–H groups in total. The molecule has 0 spiro atoms. The topological polar surface area (TPSA) is 0 Å². The second kappa shape index (κ2) is 5.78. The molecule has 2 radical (unpaired) electrons. The van der Waals surface area contributed by atoms with Crippen molar-refractivity contribution in [3.63, 3.8) is 0 Å². The van der Waals surface area contributed by atoms with Gasteiger partial charge in [0.05, 0.1) is 7.85 Å². The highest BCUT2D eigenvalue weighted by atomic mass is 14.7. The average molecular weight is 324 g/mol. The lowest BCUT2D eigenvalue weighted by Crippen LogP contribution is -2.55. The number of hydrogen-bond donors (Lipinski definition) is 0. The van der Waals surface area contributed by atoms with E-state index < -0.39 is 0 Å². The van der Waals surface area contributed by atoms with Crippen LogP contribution >= 0.6 is 0 Å². The van der Waals surface area contributed by atoms with Gasteiger partial charge in [0.25, 0.3) is 0 Å². The van der Waals surface area contributed by atoms with Gasteiger partial charge >= 0.3 is 0 Å². The smallest absolute Gasteiger partial charge is 0.0656 e. The molecule has 0 aromatic rings. The van der Waals surface area contributed by atoms with Gasteiger partial charge in [0.15, 0.2) is 0 Å². The van der Waals surface area contributed by atoms with E-state index in [0.717, 1.165) is 59.6 Å². The van der Waals surface area contributed by atoms with Crippen molar-refractivity contribution in [2.45, 2.75) is 84.4 Å². The van der Waals surface area contributed by atoms with Gasteiger partial charge in [0, 0.05) is 0 Å². The second-order valence-corrected chi connectivity index (χ2v) is 10.5. The Hall–Kier alpha value is 0.0649. The van der Waals surface area contributed by atoms with Crippen molar-refractivity contribution >= 4 is 7.85 Å². The molecule has 132 valence electrons. The van der Waals surface area contributed by atoms with Crippen LogP contribution in [0.5, 0.6) is 0 Å². The van der Waals surface area contributed by atoms with Crippen molar-refractivity contribution in [3.05, 3.63) is 0 Å². The van der Waals surface area contributed by atoms with E-state index in [0.29, 0.717) is 5.41 Å². The van der Waals surface area contributed by atoms with Crippen LogP contribution in [0.25, 0.3) is 0 Å². The molecule has 5 aliphatic rings. The van der Waals surface area contributed by atoms with Gasteiger partial charge in [-0.15, -0.1) is 0 Å². The van der Waals surface area contributed by atoms with Crippen LogP contribution in [-0.2, 0) is 0 Å². The standard InChI is InChI=1S/C23H37B/c1-3-15-10-11-16-12-21(22(15)16)23(14(2)13-24)19-8-4-6-17(19)18-7-5-9-20(18)23/h14-22H,3-13H2,1-2H3. The summed E-state index contributed by atoms with van der Waals surface area (Å²) in [7, 11) is 6.42. The summed E-state index contributed by atoms with van der Waals surface area (Å²) in [6.07, 6.45) is 16.3. The Morgan fingerprint density at radius 3 is 2.17 bits per heavy atom. The molecule has 0 aromatic carbocycles. The van der Waals surface area contributed by atoms with E-state index in [9.17, 15) is 0 Å². The molecule has 5 aliphatic carbocycles. The van der Waals surface area contributed by atoms with Gasteiger partial charge in [0.2, 0.25) is 0 Å². The molecular weight excluding hydrogens is 287 g/mol. The lowest BCUT2D eigenvalue weighted by atomic mass is 9.44. The average Bonchev–Trinajstić information content (AvgIpc) is 3.30. The van der Waals surface area contributed by atoms with Crippen molar-refractivity contribution in [2.24, 2.45) is 58.7 Å². The molecule has 0 aliphatic heterocycles. The maximum atomic E-state index is 6.42. The number of hydrogen-bond acceptors (Lipinski definition) is 0. The second-order valence-electron chi connectivity index (χ2n) is 10.5. The summed E-state index contributed by atoms with van der Waals surface area (Å²) in [6.45, 7) is 5.03. The fraction of sp³-hybridized carbons (Fsp3) is 1.00. The van der Waals surface area contributed by atoms with E-state index in [-0.39, 0.29) is 0 Å². The largest absolute Gasteiger partial charge is 0.0856 e. The van der Waals surface area contributed by atoms with Crippen LogP contribution in [0.4, 0.5) is 0 Å². The quantitative estimate of drug-likeness (QED) is 0.547. The summed E-state index contributed by atoms with van der Waals surface area (Å²) in [6, 6.07) is 0. The molecule has 0 bridgehead atoms. The van der Waals surface area contributed by atoms with Crippen molar-refractivity contribution in [2.75, 3.05) is 0 Å². The van der Waals surface area contributed by atoms with E-state index in [4.69, 9.17) is 7.85 Å². The van der Waals surface area contributed by atoms with Gasteiger partial charge in [-0.3, -0.25) is 0 Å². The minimum absolute atomic E-state index is 0.649. The predicted molar refractivity (Wildman–Crippen MR) is 102 cm³/mol. The highest BCUT2D eigenvalue weighted by molar-refractivity contribution is 6.08. The Morgan fingerprint density at radius 1 is 0.917 bits per heavy atom. The highest BCUT2D eigenvalue weighted by Crippen LogP contribution is 2.76. The minimum Gasteiger partial charge on any atom is -0.0856 e. The maximum absolute atomic E-state index is 6.42. The Kier molecular flexibility index (Phi) is 3.92. The molecule has 0 amide bonds. The number of fused-ring (bicyclic) bond motifs is 4. The van der Waals surface area contributed by atoms with Crippen LogP contribution in [0.2, 0.25) is 6.32 Å². The third kappa shape index (κ3) is 1.83. The van der Waals surface area contributed by atoms with Gasteiger partial charge < -0.3 is 0 Å². The molecule has 1 heteroatoms. The van der Waals surface area contributed by atoms with Crippen LogP contribution in [0.3, 0.4) is 0 Å². The molecular formula is C23H37B. The molecule has 0 aromatic heterocycles. The van der Waals surface area contributed by atoms with Crippen LogP contribution in [0.1, 0.15) is 78.1 Å². The van der Waals surface area contributed by atoms with Crippen LogP contribution < -0.4 is 0 Å². The Labute approximate surface area is 151 Å². The monoisotopic (exact) mass is 324 g/mol. The van der Waals surface area contributed by atoms with Crippen LogP contribution in [0, 0.1) is 58.7 Å². The maximum Gasteiger partial charge on any atom is 0.0656 e. The van der Waals surface area contributed by atoms with E-state index in [1.807, 2.05) is 0 Å². The van der Waals surface area contributed by atoms with Gasteiger partial charge in [-0.25, -0.2) is 0 Å². The van der Waals surface area contributed by atoms with Gasteiger partial charge in [-0.1, -0.05) is 39.4 Å². The Balaban J connectivity index is 1.57. The SMILES string of the molecule is [B]CC(C)C1(C2CC3CCC(CC)C32)C2CCCC2C2CCCC21. The molecule has 0 heterocycles. The lowest BCUT2D eigenvalue weighted by Gasteiger charge is -2.60. The zero-order valence-electron chi connectivity index (χ0n) is 16.1.